The van der Waals surface area contributed by atoms with Crippen LogP contribution < -0.4 is 15.4 Å². The van der Waals surface area contributed by atoms with Gasteiger partial charge in [0, 0.05) is 6.04 Å². The fourth-order valence-corrected chi connectivity index (χ4v) is 2.19. The predicted octanol–water partition coefficient (Wildman–Crippen LogP) is 2.15. The summed E-state index contributed by atoms with van der Waals surface area (Å²) >= 11 is 0. The minimum absolute atomic E-state index is 0.0363. The van der Waals surface area contributed by atoms with Gasteiger partial charge in [-0.2, -0.15) is 0 Å². The monoisotopic (exact) mass is 246 g/mol. The second kappa shape index (κ2) is 4.19. The average Bonchev–Trinajstić information content (AvgIpc) is 3.27. The Labute approximate surface area is 107 Å². The van der Waals surface area contributed by atoms with Crippen molar-refractivity contribution >= 4 is 6.03 Å². The molecular weight excluding hydrogens is 228 g/mol. The number of carbonyl (C=O) groups is 1. The number of amides is 2. The van der Waals surface area contributed by atoms with E-state index in [4.69, 9.17) is 4.74 Å². The molecule has 2 aliphatic carbocycles. The van der Waals surface area contributed by atoms with E-state index in [0.29, 0.717) is 6.04 Å². The first-order valence-corrected chi connectivity index (χ1v) is 6.45. The molecule has 2 aliphatic rings. The number of ether oxygens (including phenoxy) is 1. The van der Waals surface area contributed by atoms with E-state index in [9.17, 15) is 4.79 Å². The van der Waals surface area contributed by atoms with Crippen LogP contribution in [-0.2, 0) is 5.54 Å². The van der Waals surface area contributed by atoms with Gasteiger partial charge in [0.05, 0.1) is 12.6 Å². The topological polar surface area (TPSA) is 50.4 Å². The zero-order valence-electron chi connectivity index (χ0n) is 10.5. The van der Waals surface area contributed by atoms with E-state index < -0.39 is 0 Å². The summed E-state index contributed by atoms with van der Waals surface area (Å²) in [5.41, 5.74) is 1.01. The van der Waals surface area contributed by atoms with Crippen LogP contribution in [0.1, 0.15) is 31.2 Å². The van der Waals surface area contributed by atoms with Crippen molar-refractivity contribution < 1.29 is 9.53 Å². The number of urea groups is 1. The van der Waals surface area contributed by atoms with E-state index >= 15 is 0 Å². The van der Waals surface area contributed by atoms with Gasteiger partial charge >= 0.3 is 6.03 Å². The van der Waals surface area contributed by atoms with Gasteiger partial charge in [0.25, 0.3) is 0 Å². The Bertz CT molecular complexity index is 447. The maximum Gasteiger partial charge on any atom is 0.315 e. The molecule has 4 heteroatoms. The highest BCUT2D eigenvalue weighted by molar-refractivity contribution is 5.76. The molecule has 1 aromatic carbocycles. The van der Waals surface area contributed by atoms with Crippen LogP contribution in [0.25, 0.3) is 0 Å². The summed E-state index contributed by atoms with van der Waals surface area (Å²) in [6.45, 7) is 0. The van der Waals surface area contributed by atoms with Gasteiger partial charge in [-0.05, 0) is 43.4 Å². The lowest BCUT2D eigenvalue weighted by Gasteiger charge is -2.18. The van der Waals surface area contributed by atoms with Crippen molar-refractivity contribution in [1.29, 1.82) is 0 Å². The summed E-state index contributed by atoms with van der Waals surface area (Å²) in [5.74, 6) is 0.844. The van der Waals surface area contributed by atoms with Gasteiger partial charge < -0.3 is 15.4 Å². The quantitative estimate of drug-likeness (QED) is 0.855. The van der Waals surface area contributed by atoms with Crippen molar-refractivity contribution in [2.24, 2.45) is 0 Å². The Morgan fingerprint density at radius 2 is 1.94 bits per heavy atom. The Balaban J connectivity index is 1.67. The SMILES string of the molecule is COc1ccc(C2(NC(=O)NC3CC3)CC2)cc1. The molecule has 18 heavy (non-hydrogen) atoms. The van der Waals surface area contributed by atoms with Crippen LogP contribution in [0.2, 0.25) is 0 Å². The summed E-state index contributed by atoms with van der Waals surface area (Å²) in [6.07, 6.45) is 4.25. The highest BCUT2D eigenvalue weighted by Crippen LogP contribution is 2.45. The van der Waals surface area contributed by atoms with Crippen LogP contribution in [-0.4, -0.2) is 19.2 Å². The van der Waals surface area contributed by atoms with Crippen molar-refractivity contribution in [1.82, 2.24) is 10.6 Å². The van der Waals surface area contributed by atoms with Gasteiger partial charge in [-0.15, -0.1) is 0 Å². The first kappa shape index (κ1) is 11.4. The summed E-state index contributed by atoms with van der Waals surface area (Å²) in [5, 5.41) is 6.07. The molecule has 2 N–H and O–H groups in total. The van der Waals surface area contributed by atoms with Crippen LogP contribution in [0, 0.1) is 0 Å². The number of benzene rings is 1. The predicted molar refractivity (Wildman–Crippen MR) is 68.6 cm³/mol. The third kappa shape index (κ3) is 2.28. The Kier molecular flexibility index (Phi) is 2.65. The Hall–Kier alpha value is -1.71. The lowest BCUT2D eigenvalue weighted by atomic mass is 10.1. The highest BCUT2D eigenvalue weighted by Gasteiger charge is 2.46. The summed E-state index contributed by atoms with van der Waals surface area (Å²) < 4.78 is 5.14. The van der Waals surface area contributed by atoms with Crippen molar-refractivity contribution in [2.45, 2.75) is 37.3 Å². The molecular formula is C14H18N2O2. The van der Waals surface area contributed by atoms with E-state index in [0.717, 1.165) is 37.0 Å². The number of rotatable bonds is 4. The molecule has 2 saturated carbocycles. The first-order chi connectivity index (χ1) is 8.72. The molecule has 96 valence electrons. The number of methoxy groups -OCH3 is 1. The molecule has 0 spiro atoms. The van der Waals surface area contributed by atoms with E-state index in [1.165, 1.54) is 0 Å². The van der Waals surface area contributed by atoms with E-state index in [2.05, 4.69) is 10.6 Å². The number of hydrogen-bond acceptors (Lipinski definition) is 2. The molecule has 0 saturated heterocycles. The fourth-order valence-electron chi connectivity index (χ4n) is 2.19. The Morgan fingerprint density at radius 3 is 2.44 bits per heavy atom. The van der Waals surface area contributed by atoms with E-state index in [1.54, 1.807) is 7.11 Å². The zero-order valence-corrected chi connectivity index (χ0v) is 10.5. The second-order valence-electron chi connectivity index (χ2n) is 5.18. The van der Waals surface area contributed by atoms with Crippen LogP contribution in [0.5, 0.6) is 5.75 Å². The number of carbonyl (C=O) groups excluding carboxylic acids is 1. The smallest absolute Gasteiger partial charge is 0.315 e. The zero-order chi connectivity index (χ0) is 12.6. The minimum atomic E-state index is -0.148. The van der Waals surface area contributed by atoms with E-state index in [-0.39, 0.29) is 11.6 Å². The molecule has 3 rings (SSSR count). The molecule has 0 aromatic heterocycles. The molecule has 2 fully saturated rings. The first-order valence-electron chi connectivity index (χ1n) is 6.45. The highest BCUT2D eigenvalue weighted by atomic mass is 16.5. The molecule has 0 aliphatic heterocycles. The summed E-state index contributed by atoms with van der Waals surface area (Å²) in [6, 6.07) is 8.31. The van der Waals surface area contributed by atoms with Crippen LogP contribution in [0.15, 0.2) is 24.3 Å². The molecule has 0 unspecified atom stereocenters. The van der Waals surface area contributed by atoms with Gasteiger partial charge in [-0.1, -0.05) is 12.1 Å². The fraction of sp³-hybridized carbons (Fsp3) is 0.500. The van der Waals surface area contributed by atoms with Gasteiger partial charge in [-0.3, -0.25) is 0 Å². The Morgan fingerprint density at radius 1 is 1.28 bits per heavy atom. The maximum absolute atomic E-state index is 11.8. The largest absolute Gasteiger partial charge is 0.497 e. The van der Waals surface area contributed by atoms with Gasteiger partial charge in [0.1, 0.15) is 5.75 Å². The molecule has 0 heterocycles. The van der Waals surface area contributed by atoms with Gasteiger partial charge in [0.2, 0.25) is 0 Å². The van der Waals surface area contributed by atoms with Gasteiger partial charge in [-0.25, -0.2) is 4.79 Å². The van der Waals surface area contributed by atoms with Crippen molar-refractivity contribution in [3.05, 3.63) is 29.8 Å². The standard InChI is InChI=1S/C14H18N2O2/c1-18-12-6-2-10(3-7-12)14(8-9-14)16-13(17)15-11-4-5-11/h2-3,6-7,11H,4-5,8-9H2,1H3,(H2,15,16,17). The van der Waals surface area contributed by atoms with Crippen molar-refractivity contribution in [3.8, 4) is 5.75 Å². The molecule has 4 nitrogen and oxygen atoms in total. The molecule has 0 bridgehead atoms. The molecule has 0 atom stereocenters. The van der Waals surface area contributed by atoms with Crippen molar-refractivity contribution in [2.75, 3.05) is 7.11 Å². The number of hydrogen-bond donors (Lipinski definition) is 2. The van der Waals surface area contributed by atoms with Crippen LogP contribution >= 0.6 is 0 Å². The third-order valence-corrected chi connectivity index (χ3v) is 3.66. The second-order valence-corrected chi connectivity index (χ2v) is 5.18. The molecule has 0 radical (unpaired) electrons. The summed E-state index contributed by atoms with van der Waals surface area (Å²) in [7, 11) is 1.66. The number of nitrogens with one attached hydrogen (secondary N) is 2. The normalized spacial score (nSPS) is 20.1. The minimum Gasteiger partial charge on any atom is -0.497 e. The van der Waals surface area contributed by atoms with Crippen LogP contribution in [0.3, 0.4) is 0 Å². The van der Waals surface area contributed by atoms with Crippen LogP contribution in [0.4, 0.5) is 4.79 Å². The lowest BCUT2D eigenvalue weighted by molar-refractivity contribution is 0.235. The van der Waals surface area contributed by atoms with Crippen molar-refractivity contribution in [3.63, 3.8) is 0 Å². The average molecular weight is 246 g/mol. The lowest BCUT2D eigenvalue weighted by Crippen LogP contribution is -2.43. The molecule has 2 amide bonds. The third-order valence-electron chi connectivity index (χ3n) is 3.66. The maximum atomic E-state index is 11.8. The van der Waals surface area contributed by atoms with Gasteiger partial charge in [0.15, 0.2) is 0 Å². The summed E-state index contributed by atoms with van der Waals surface area (Å²) in [4.78, 5) is 11.8. The molecule has 1 aromatic rings. The van der Waals surface area contributed by atoms with E-state index in [1.807, 2.05) is 24.3 Å².